The number of carbonyl (C=O) groups excluding carboxylic acids is 1. The van der Waals surface area contributed by atoms with Gasteiger partial charge in [0.25, 0.3) is 5.91 Å². The van der Waals surface area contributed by atoms with Crippen LogP contribution in [0.2, 0.25) is 0 Å². The SMILES string of the molecule is CC(CN)(NC(=O)c1ccc(SCc2ccccc2)cc1)C1CC1. The van der Waals surface area contributed by atoms with Crippen molar-refractivity contribution in [3.63, 3.8) is 0 Å². The highest BCUT2D eigenvalue weighted by Crippen LogP contribution is 2.39. The third kappa shape index (κ3) is 4.19. The molecule has 1 aliphatic rings. The number of thioether (sulfide) groups is 1. The van der Waals surface area contributed by atoms with Gasteiger partial charge in [-0.2, -0.15) is 0 Å². The molecule has 0 spiro atoms. The molecule has 3 rings (SSSR count). The maximum Gasteiger partial charge on any atom is 0.251 e. The lowest BCUT2D eigenvalue weighted by molar-refractivity contribution is 0.0898. The van der Waals surface area contributed by atoms with Gasteiger partial charge in [-0.05, 0) is 55.5 Å². The monoisotopic (exact) mass is 340 g/mol. The fourth-order valence-electron chi connectivity index (χ4n) is 2.82. The highest BCUT2D eigenvalue weighted by molar-refractivity contribution is 7.98. The second kappa shape index (κ2) is 7.41. The van der Waals surface area contributed by atoms with Crippen molar-refractivity contribution in [3.8, 4) is 0 Å². The lowest BCUT2D eigenvalue weighted by atomic mass is 9.95. The second-order valence-electron chi connectivity index (χ2n) is 6.65. The molecule has 0 heterocycles. The van der Waals surface area contributed by atoms with E-state index >= 15 is 0 Å². The Morgan fingerprint density at radius 2 is 1.83 bits per heavy atom. The zero-order valence-corrected chi connectivity index (χ0v) is 14.8. The van der Waals surface area contributed by atoms with Crippen LogP contribution in [0.3, 0.4) is 0 Å². The highest BCUT2D eigenvalue weighted by atomic mass is 32.2. The Bertz CT molecular complexity index is 683. The standard InChI is InChI=1S/C20H24N2OS/c1-20(14-21,17-9-10-17)22-19(23)16-7-11-18(12-8-16)24-13-15-5-3-2-4-6-15/h2-8,11-12,17H,9-10,13-14,21H2,1H3,(H,22,23). The van der Waals surface area contributed by atoms with Crippen molar-refractivity contribution < 1.29 is 4.79 Å². The quantitative estimate of drug-likeness (QED) is 0.753. The number of hydrogen-bond acceptors (Lipinski definition) is 3. The summed E-state index contributed by atoms with van der Waals surface area (Å²) in [5.74, 6) is 1.42. The van der Waals surface area contributed by atoms with Gasteiger partial charge in [-0.25, -0.2) is 0 Å². The van der Waals surface area contributed by atoms with Gasteiger partial charge in [0, 0.05) is 22.8 Å². The Kier molecular flexibility index (Phi) is 5.27. The second-order valence-corrected chi connectivity index (χ2v) is 7.70. The molecule has 2 aromatic carbocycles. The van der Waals surface area contributed by atoms with Gasteiger partial charge in [-0.3, -0.25) is 4.79 Å². The summed E-state index contributed by atoms with van der Waals surface area (Å²) >= 11 is 1.77. The molecule has 3 N–H and O–H groups in total. The van der Waals surface area contributed by atoms with E-state index in [1.165, 1.54) is 10.5 Å². The third-order valence-electron chi connectivity index (χ3n) is 4.67. The van der Waals surface area contributed by atoms with Gasteiger partial charge >= 0.3 is 0 Å². The summed E-state index contributed by atoms with van der Waals surface area (Å²) in [4.78, 5) is 13.6. The van der Waals surface area contributed by atoms with Gasteiger partial charge < -0.3 is 11.1 Å². The number of carbonyl (C=O) groups is 1. The Morgan fingerprint density at radius 1 is 1.17 bits per heavy atom. The van der Waals surface area contributed by atoms with Crippen LogP contribution in [0.4, 0.5) is 0 Å². The number of amides is 1. The summed E-state index contributed by atoms with van der Waals surface area (Å²) in [6.07, 6.45) is 2.31. The van der Waals surface area contributed by atoms with E-state index in [0.717, 1.165) is 18.6 Å². The Balaban J connectivity index is 1.58. The first-order valence-electron chi connectivity index (χ1n) is 8.40. The summed E-state index contributed by atoms with van der Waals surface area (Å²) in [5, 5.41) is 3.13. The van der Waals surface area contributed by atoms with E-state index in [1.54, 1.807) is 11.8 Å². The molecule has 0 aliphatic heterocycles. The number of rotatable bonds is 7. The van der Waals surface area contributed by atoms with Crippen molar-refractivity contribution >= 4 is 17.7 Å². The molecule has 1 atom stereocenters. The molecule has 0 saturated heterocycles. The zero-order chi connectivity index (χ0) is 17.0. The van der Waals surface area contributed by atoms with Crippen LogP contribution < -0.4 is 11.1 Å². The van der Waals surface area contributed by atoms with Crippen molar-refractivity contribution in [1.82, 2.24) is 5.32 Å². The van der Waals surface area contributed by atoms with E-state index in [0.29, 0.717) is 18.0 Å². The minimum atomic E-state index is -0.280. The predicted molar refractivity (Wildman–Crippen MR) is 100 cm³/mol. The number of benzene rings is 2. The van der Waals surface area contributed by atoms with Crippen molar-refractivity contribution in [2.45, 2.75) is 36.0 Å². The molecule has 24 heavy (non-hydrogen) atoms. The number of nitrogens with two attached hydrogens (primary N) is 1. The van der Waals surface area contributed by atoms with Crippen LogP contribution in [0.5, 0.6) is 0 Å². The molecule has 1 fully saturated rings. The summed E-state index contributed by atoms with van der Waals surface area (Å²) in [5.41, 5.74) is 7.59. The van der Waals surface area contributed by atoms with Crippen molar-refractivity contribution in [1.29, 1.82) is 0 Å². The van der Waals surface area contributed by atoms with Gasteiger partial charge in [0.15, 0.2) is 0 Å². The van der Waals surface area contributed by atoms with Crippen LogP contribution in [0.1, 0.15) is 35.7 Å². The first-order chi connectivity index (χ1) is 11.6. The van der Waals surface area contributed by atoms with Crippen molar-refractivity contribution in [2.75, 3.05) is 6.54 Å². The molecule has 4 heteroatoms. The topological polar surface area (TPSA) is 55.1 Å². The van der Waals surface area contributed by atoms with Crippen molar-refractivity contribution in [2.24, 2.45) is 11.7 Å². The summed E-state index contributed by atoms with van der Waals surface area (Å²) in [6.45, 7) is 2.53. The molecule has 1 unspecified atom stereocenters. The van der Waals surface area contributed by atoms with Crippen molar-refractivity contribution in [3.05, 3.63) is 65.7 Å². The Hall–Kier alpha value is -1.78. The van der Waals surface area contributed by atoms with Crippen LogP contribution in [-0.2, 0) is 5.75 Å². The normalized spacial score (nSPS) is 16.4. The Labute approximate surface area is 148 Å². The lowest BCUT2D eigenvalue weighted by Gasteiger charge is -2.29. The van der Waals surface area contributed by atoms with Crippen LogP contribution in [0.15, 0.2) is 59.5 Å². The van der Waals surface area contributed by atoms with E-state index in [-0.39, 0.29) is 11.4 Å². The van der Waals surface area contributed by atoms with E-state index in [4.69, 9.17) is 5.73 Å². The molecule has 0 bridgehead atoms. The predicted octanol–water partition coefficient (Wildman–Crippen LogP) is 3.84. The molecule has 1 aliphatic carbocycles. The first kappa shape index (κ1) is 17.1. The maximum absolute atomic E-state index is 12.5. The molecule has 1 amide bonds. The molecule has 1 saturated carbocycles. The van der Waals surface area contributed by atoms with E-state index in [2.05, 4.69) is 29.6 Å². The van der Waals surface area contributed by atoms with Gasteiger partial charge in [-0.15, -0.1) is 11.8 Å². The van der Waals surface area contributed by atoms with Gasteiger partial charge in [0.05, 0.1) is 5.54 Å². The lowest BCUT2D eigenvalue weighted by Crippen LogP contribution is -2.53. The smallest absolute Gasteiger partial charge is 0.251 e. The molecule has 2 aromatic rings. The average Bonchev–Trinajstić information content (AvgIpc) is 3.47. The summed E-state index contributed by atoms with van der Waals surface area (Å²) in [7, 11) is 0. The minimum Gasteiger partial charge on any atom is -0.345 e. The Morgan fingerprint density at radius 3 is 2.42 bits per heavy atom. The number of nitrogens with one attached hydrogen (secondary N) is 1. The fraction of sp³-hybridized carbons (Fsp3) is 0.350. The van der Waals surface area contributed by atoms with E-state index in [9.17, 15) is 4.79 Å². The minimum absolute atomic E-state index is 0.0329. The van der Waals surface area contributed by atoms with E-state index < -0.39 is 0 Å². The fourth-order valence-corrected chi connectivity index (χ4v) is 3.67. The molecule has 126 valence electrons. The number of hydrogen-bond donors (Lipinski definition) is 2. The summed E-state index contributed by atoms with van der Waals surface area (Å²) < 4.78 is 0. The molecule has 0 aromatic heterocycles. The highest BCUT2D eigenvalue weighted by Gasteiger charge is 2.41. The van der Waals surface area contributed by atoms with Gasteiger partial charge in [-0.1, -0.05) is 30.3 Å². The summed E-state index contributed by atoms with van der Waals surface area (Å²) in [6, 6.07) is 18.2. The molecular weight excluding hydrogens is 316 g/mol. The molecule has 0 radical (unpaired) electrons. The van der Waals surface area contributed by atoms with E-state index in [1.807, 2.05) is 37.3 Å². The van der Waals surface area contributed by atoms with Gasteiger partial charge in [0.1, 0.15) is 0 Å². The van der Waals surface area contributed by atoms with Crippen LogP contribution in [0, 0.1) is 5.92 Å². The van der Waals surface area contributed by atoms with Crippen LogP contribution in [-0.4, -0.2) is 18.0 Å². The third-order valence-corrected chi connectivity index (χ3v) is 5.75. The largest absolute Gasteiger partial charge is 0.345 e. The van der Waals surface area contributed by atoms with Gasteiger partial charge in [0.2, 0.25) is 0 Å². The molecular formula is C20H24N2OS. The van der Waals surface area contributed by atoms with Crippen LogP contribution >= 0.6 is 11.8 Å². The van der Waals surface area contributed by atoms with Crippen LogP contribution in [0.25, 0.3) is 0 Å². The maximum atomic E-state index is 12.5. The zero-order valence-electron chi connectivity index (χ0n) is 14.0. The first-order valence-corrected chi connectivity index (χ1v) is 9.39. The molecule has 3 nitrogen and oxygen atoms in total. The average molecular weight is 340 g/mol.